The summed E-state index contributed by atoms with van der Waals surface area (Å²) in [7, 11) is -3.55. The molecule has 0 saturated carbocycles. The number of piperidine rings is 1. The molecule has 1 N–H and O–H groups in total. The van der Waals surface area contributed by atoms with Crippen LogP contribution in [0.15, 0.2) is 23.1 Å². The lowest BCUT2D eigenvalue weighted by molar-refractivity contribution is -0.123. The maximum Gasteiger partial charge on any atom is 0.257 e. The molecule has 2 rings (SSSR count). The molecule has 27 heavy (non-hydrogen) atoms. The zero-order chi connectivity index (χ0) is 19.7. The van der Waals surface area contributed by atoms with Crippen LogP contribution in [0.4, 0.5) is 0 Å². The van der Waals surface area contributed by atoms with Crippen molar-refractivity contribution in [1.29, 1.82) is 0 Å². The molecule has 1 aliphatic heterocycles. The van der Waals surface area contributed by atoms with Crippen LogP contribution in [0.3, 0.4) is 0 Å². The summed E-state index contributed by atoms with van der Waals surface area (Å²) in [5.41, 5.74) is 0. The first-order chi connectivity index (χ1) is 12.9. The van der Waals surface area contributed by atoms with E-state index in [1.165, 1.54) is 22.5 Å². The van der Waals surface area contributed by atoms with Crippen LogP contribution in [0.1, 0.15) is 32.6 Å². The number of carbonyl (C=O) groups is 1. The van der Waals surface area contributed by atoms with E-state index in [9.17, 15) is 13.2 Å². The number of hydrogen-bond donors (Lipinski definition) is 1. The van der Waals surface area contributed by atoms with E-state index in [2.05, 4.69) is 5.32 Å². The number of rotatable bonds is 10. The van der Waals surface area contributed by atoms with E-state index in [-0.39, 0.29) is 28.2 Å². The third-order valence-electron chi connectivity index (χ3n) is 4.21. The molecule has 0 unspecified atom stereocenters. The summed E-state index contributed by atoms with van der Waals surface area (Å²) in [4.78, 5) is 11.9. The monoisotopic (exact) mass is 418 g/mol. The van der Waals surface area contributed by atoms with Gasteiger partial charge in [0, 0.05) is 32.8 Å². The Balaban J connectivity index is 1.88. The van der Waals surface area contributed by atoms with Gasteiger partial charge in [0.15, 0.2) is 6.61 Å². The fourth-order valence-electron chi connectivity index (χ4n) is 2.75. The number of sulfonamides is 1. The van der Waals surface area contributed by atoms with Gasteiger partial charge in [0.2, 0.25) is 10.0 Å². The average Bonchev–Trinajstić information content (AvgIpc) is 2.67. The summed E-state index contributed by atoms with van der Waals surface area (Å²) in [6.45, 7) is 4.54. The first kappa shape index (κ1) is 21.9. The van der Waals surface area contributed by atoms with E-state index in [0.29, 0.717) is 32.8 Å². The van der Waals surface area contributed by atoms with Gasteiger partial charge in [0.05, 0.1) is 9.92 Å². The highest BCUT2D eigenvalue weighted by molar-refractivity contribution is 7.89. The number of benzene rings is 1. The minimum Gasteiger partial charge on any atom is -0.482 e. The zero-order valence-corrected chi connectivity index (χ0v) is 17.2. The van der Waals surface area contributed by atoms with Crippen molar-refractivity contribution in [1.82, 2.24) is 9.62 Å². The lowest BCUT2D eigenvalue weighted by atomic mass is 10.2. The third-order valence-corrected chi connectivity index (χ3v) is 6.40. The molecule has 1 aliphatic rings. The van der Waals surface area contributed by atoms with Gasteiger partial charge < -0.3 is 14.8 Å². The van der Waals surface area contributed by atoms with E-state index >= 15 is 0 Å². The van der Waals surface area contributed by atoms with Crippen LogP contribution in [-0.4, -0.2) is 58.1 Å². The Morgan fingerprint density at radius 1 is 1.26 bits per heavy atom. The van der Waals surface area contributed by atoms with E-state index in [4.69, 9.17) is 21.1 Å². The Labute approximate surface area is 166 Å². The molecule has 9 heteroatoms. The first-order valence-corrected chi connectivity index (χ1v) is 11.0. The summed E-state index contributed by atoms with van der Waals surface area (Å²) in [6.07, 6.45) is 3.51. The molecule has 1 aromatic rings. The number of nitrogens with zero attached hydrogens (tertiary/aromatic N) is 1. The van der Waals surface area contributed by atoms with Crippen molar-refractivity contribution >= 4 is 27.5 Å². The molecule has 1 fully saturated rings. The summed E-state index contributed by atoms with van der Waals surface area (Å²) < 4.78 is 37.4. The molecule has 0 aromatic heterocycles. The van der Waals surface area contributed by atoms with Crippen LogP contribution in [0.5, 0.6) is 5.75 Å². The second kappa shape index (κ2) is 10.8. The van der Waals surface area contributed by atoms with Crippen molar-refractivity contribution in [2.45, 2.75) is 37.5 Å². The van der Waals surface area contributed by atoms with Crippen molar-refractivity contribution in [2.24, 2.45) is 0 Å². The van der Waals surface area contributed by atoms with Crippen molar-refractivity contribution < 1.29 is 22.7 Å². The van der Waals surface area contributed by atoms with Crippen LogP contribution in [0.2, 0.25) is 5.02 Å². The number of hydrogen-bond acceptors (Lipinski definition) is 5. The predicted molar refractivity (Wildman–Crippen MR) is 104 cm³/mol. The Morgan fingerprint density at radius 3 is 2.67 bits per heavy atom. The van der Waals surface area contributed by atoms with E-state index in [1.54, 1.807) is 0 Å². The van der Waals surface area contributed by atoms with Gasteiger partial charge >= 0.3 is 0 Å². The van der Waals surface area contributed by atoms with Gasteiger partial charge in [-0.2, -0.15) is 4.31 Å². The number of amides is 1. The minimum atomic E-state index is -3.55. The fraction of sp³-hybridized carbons (Fsp3) is 0.611. The zero-order valence-electron chi connectivity index (χ0n) is 15.6. The molecule has 0 atom stereocenters. The Kier molecular flexibility index (Phi) is 8.82. The molecule has 1 saturated heterocycles. The smallest absolute Gasteiger partial charge is 0.257 e. The Hall–Kier alpha value is -1.35. The average molecular weight is 419 g/mol. The first-order valence-electron chi connectivity index (χ1n) is 9.22. The predicted octanol–water partition coefficient (Wildman–Crippen LogP) is 2.44. The van der Waals surface area contributed by atoms with E-state index in [1.807, 2.05) is 6.92 Å². The molecular weight excluding hydrogens is 392 g/mol. The highest BCUT2D eigenvalue weighted by Crippen LogP contribution is 2.29. The topological polar surface area (TPSA) is 84.9 Å². The van der Waals surface area contributed by atoms with Crippen LogP contribution < -0.4 is 10.1 Å². The number of ether oxygens (including phenoxy) is 2. The Bertz CT molecular complexity index is 720. The molecule has 0 spiro atoms. The second-order valence-corrected chi connectivity index (χ2v) is 8.59. The van der Waals surface area contributed by atoms with Gasteiger partial charge in [-0.3, -0.25) is 4.79 Å². The summed E-state index contributed by atoms with van der Waals surface area (Å²) in [5.74, 6) is 0.00584. The number of nitrogens with one attached hydrogen (secondary N) is 1. The molecular formula is C18H27ClN2O5S. The van der Waals surface area contributed by atoms with Crippen LogP contribution in [-0.2, 0) is 19.6 Å². The van der Waals surface area contributed by atoms with Crippen molar-refractivity contribution in [3.8, 4) is 5.75 Å². The molecule has 1 aromatic carbocycles. The van der Waals surface area contributed by atoms with Crippen LogP contribution in [0, 0.1) is 0 Å². The van der Waals surface area contributed by atoms with Gasteiger partial charge in [0.1, 0.15) is 5.75 Å². The summed E-state index contributed by atoms with van der Waals surface area (Å²) in [5, 5.41) is 2.88. The van der Waals surface area contributed by atoms with Crippen LogP contribution in [0.25, 0.3) is 0 Å². The second-order valence-electron chi connectivity index (χ2n) is 6.25. The van der Waals surface area contributed by atoms with Crippen molar-refractivity contribution in [2.75, 3.05) is 39.5 Å². The highest BCUT2D eigenvalue weighted by Gasteiger charge is 2.26. The lowest BCUT2D eigenvalue weighted by Gasteiger charge is -2.26. The quantitative estimate of drug-likeness (QED) is 0.590. The van der Waals surface area contributed by atoms with Gasteiger partial charge in [-0.1, -0.05) is 18.0 Å². The van der Waals surface area contributed by atoms with Gasteiger partial charge in [-0.15, -0.1) is 0 Å². The standard InChI is InChI=1S/C18H27ClN2O5S/c1-2-25-12-6-9-20-18(22)14-26-17-8-7-15(13-16(17)19)27(23,24)21-10-4-3-5-11-21/h7-8,13H,2-6,9-12,14H2,1H3,(H,20,22). The maximum absolute atomic E-state index is 12.7. The highest BCUT2D eigenvalue weighted by atomic mass is 35.5. The van der Waals surface area contributed by atoms with E-state index in [0.717, 1.165) is 25.7 Å². The molecule has 0 radical (unpaired) electrons. The normalized spacial score (nSPS) is 15.5. The van der Waals surface area contributed by atoms with Crippen molar-refractivity contribution in [3.05, 3.63) is 23.2 Å². The lowest BCUT2D eigenvalue weighted by Crippen LogP contribution is -2.35. The molecule has 1 amide bonds. The fourth-order valence-corrected chi connectivity index (χ4v) is 4.60. The Morgan fingerprint density at radius 2 is 2.00 bits per heavy atom. The van der Waals surface area contributed by atoms with Crippen LogP contribution >= 0.6 is 11.6 Å². The SMILES string of the molecule is CCOCCCNC(=O)COc1ccc(S(=O)(=O)N2CCCCC2)cc1Cl. The minimum absolute atomic E-state index is 0.141. The molecule has 0 bridgehead atoms. The third kappa shape index (κ3) is 6.64. The van der Waals surface area contributed by atoms with Gasteiger partial charge in [-0.25, -0.2) is 8.42 Å². The molecule has 0 aliphatic carbocycles. The summed E-state index contributed by atoms with van der Waals surface area (Å²) in [6, 6.07) is 4.33. The number of halogens is 1. The van der Waals surface area contributed by atoms with Crippen molar-refractivity contribution in [3.63, 3.8) is 0 Å². The molecule has 1 heterocycles. The summed E-state index contributed by atoms with van der Waals surface area (Å²) >= 11 is 6.16. The van der Waals surface area contributed by atoms with E-state index < -0.39 is 10.0 Å². The molecule has 152 valence electrons. The van der Waals surface area contributed by atoms with Gasteiger partial charge in [0.25, 0.3) is 5.91 Å². The molecule has 7 nitrogen and oxygen atoms in total. The number of carbonyl (C=O) groups excluding carboxylic acids is 1. The maximum atomic E-state index is 12.7. The largest absolute Gasteiger partial charge is 0.482 e. The van der Waals surface area contributed by atoms with Gasteiger partial charge in [-0.05, 0) is 44.4 Å².